The van der Waals surface area contributed by atoms with Gasteiger partial charge in [0, 0.05) is 32.7 Å². The molecule has 0 spiro atoms. The molecule has 84 valence electrons. The van der Waals surface area contributed by atoms with Gasteiger partial charge < -0.3 is 15.2 Å². The second-order valence-electron chi connectivity index (χ2n) is 3.72. The molecule has 2 aromatic heterocycles. The Morgan fingerprint density at radius 1 is 1.38 bits per heavy atom. The minimum atomic E-state index is 0.541. The van der Waals surface area contributed by atoms with Gasteiger partial charge in [0.25, 0.3) is 0 Å². The van der Waals surface area contributed by atoms with E-state index in [0.717, 1.165) is 11.5 Å². The van der Waals surface area contributed by atoms with E-state index >= 15 is 0 Å². The Balaban J connectivity index is 2.18. The first kappa shape index (κ1) is 10.5. The van der Waals surface area contributed by atoms with Gasteiger partial charge in [0.2, 0.25) is 0 Å². The van der Waals surface area contributed by atoms with Crippen LogP contribution in [0.1, 0.15) is 5.82 Å². The zero-order valence-electron chi connectivity index (χ0n) is 9.46. The van der Waals surface area contributed by atoms with Gasteiger partial charge in [-0.1, -0.05) is 0 Å². The zero-order chi connectivity index (χ0) is 11.5. The van der Waals surface area contributed by atoms with E-state index in [2.05, 4.69) is 9.97 Å². The highest BCUT2D eigenvalue weighted by molar-refractivity contribution is 5.62. The third-order valence-electron chi connectivity index (χ3n) is 2.53. The van der Waals surface area contributed by atoms with Crippen LogP contribution in [-0.4, -0.2) is 21.6 Å². The normalized spacial score (nSPS) is 10.4. The van der Waals surface area contributed by atoms with Crippen LogP contribution in [0.4, 0.5) is 11.5 Å². The van der Waals surface area contributed by atoms with E-state index in [9.17, 15) is 0 Å². The molecule has 0 amide bonds. The molecule has 0 saturated heterocycles. The fraction of sp³-hybridized carbons (Fsp3) is 0.273. The van der Waals surface area contributed by atoms with E-state index in [0.29, 0.717) is 12.4 Å². The Morgan fingerprint density at radius 3 is 2.81 bits per heavy atom. The summed E-state index contributed by atoms with van der Waals surface area (Å²) in [5, 5.41) is 0. The van der Waals surface area contributed by atoms with Crippen molar-refractivity contribution in [2.24, 2.45) is 7.05 Å². The maximum Gasteiger partial charge on any atom is 0.146 e. The monoisotopic (exact) mass is 217 g/mol. The second-order valence-corrected chi connectivity index (χ2v) is 3.72. The van der Waals surface area contributed by atoms with Crippen molar-refractivity contribution in [1.29, 1.82) is 0 Å². The highest BCUT2D eigenvalue weighted by atomic mass is 15.2. The van der Waals surface area contributed by atoms with Crippen molar-refractivity contribution in [3.63, 3.8) is 0 Å². The van der Waals surface area contributed by atoms with Crippen molar-refractivity contribution in [3.05, 3.63) is 36.5 Å². The Bertz CT molecular complexity index is 477. The molecule has 0 fully saturated rings. The number of rotatable bonds is 3. The lowest BCUT2D eigenvalue weighted by atomic mass is 10.3. The fourth-order valence-electron chi connectivity index (χ4n) is 1.58. The molecule has 2 N–H and O–H groups in total. The summed E-state index contributed by atoms with van der Waals surface area (Å²) >= 11 is 0. The number of aryl methyl sites for hydroxylation is 1. The van der Waals surface area contributed by atoms with Gasteiger partial charge in [-0.25, -0.2) is 9.97 Å². The van der Waals surface area contributed by atoms with Crippen LogP contribution < -0.4 is 10.6 Å². The molecule has 2 rings (SSSR count). The molecule has 2 heterocycles. The van der Waals surface area contributed by atoms with Gasteiger partial charge in [-0.3, -0.25) is 0 Å². The first-order valence-electron chi connectivity index (χ1n) is 5.06. The largest absolute Gasteiger partial charge is 0.382 e. The third kappa shape index (κ3) is 1.98. The van der Waals surface area contributed by atoms with Gasteiger partial charge in [-0.05, 0) is 12.1 Å². The quantitative estimate of drug-likeness (QED) is 0.834. The van der Waals surface area contributed by atoms with Crippen LogP contribution in [0.15, 0.2) is 30.7 Å². The second kappa shape index (κ2) is 4.22. The van der Waals surface area contributed by atoms with Crippen molar-refractivity contribution in [3.8, 4) is 0 Å². The Morgan fingerprint density at radius 2 is 2.19 bits per heavy atom. The highest BCUT2D eigenvalue weighted by Crippen LogP contribution is 2.19. The van der Waals surface area contributed by atoms with Crippen LogP contribution in [0.25, 0.3) is 0 Å². The molecular formula is C11H15N5. The fourth-order valence-corrected chi connectivity index (χ4v) is 1.58. The van der Waals surface area contributed by atoms with Crippen molar-refractivity contribution >= 4 is 11.5 Å². The topological polar surface area (TPSA) is 60.0 Å². The Kier molecular flexibility index (Phi) is 2.76. The zero-order valence-corrected chi connectivity index (χ0v) is 9.46. The predicted octanol–water partition coefficient (Wildman–Crippen LogP) is 1.03. The van der Waals surface area contributed by atoms with Crippen molar-refractivity contribution in [2.75, 3.05) is 17.7 Å². The van der Waals surface area contributed by atoms with Crippen molar-refractivity contribution < 1.29 is 0 Å². The molecule has 0 aromatic carbocycles. The molecule has 2 aromatic rings. The molecule has 0 saturated carbocycles. The lowest BCUT2D eigenvalue weighted by molar-refractivity contribution is 0.761. The summed E-state index contributed by atoms with van der Waals surface area (Å²) in [6.07, 6.45) is 5.40. The first-order chi connectivity index (χ1) is 7.68. The summed E-state index contributed by atoms with van der Waals surface area (Å²) in [6.45, 7) is 0.708. The number of anilines is 2. The number of nitrogens with two attached hydrogens (primary N) is 1. The molecule has 0 aliphatic heterocycles. The number of nitrogens with zero attached hydrogens (tertiary/aromatic N) is 4. The lowest BCUT2D eigenvalue weighted by Gasteiger charge is -2.19. The van der Waals surface area contributed by atoms with Crippen molar-refractivity contribution in [2.45, 2.75) is 6.54 Å². The molecule has 0 aliphatic carbocycles. The molecule has 0 atom stereocenters. The SMILES string of the molecule is CN(Cc1nccn1C)c1cccnc1N. The number of imidazole rings is 1. The number of hydrogen-bond donors (Lipinski definition) is 1. The minimum Gasteiger partial charge on any atom is -0.382 e. The van der Waals surface area contributed by atoms with E-state index in [1.165, 1.54) is 0 Å². The van der Waals surface area contributed by atoms with E-state index < -0.39 is 0 Å². The van der Waals surface area contributed by atoms with Crippen LogP contribution in [0.2, 0.25) is 0 Å². The average molecular weight is 217 g/mol. The van der Waals surface area contributed by atoms with Crippen molar-refractivity contribution in [1.82, 2.24) is 14.5 Å². The Hall–Kier alpha value is -2.04. The molecule has 0 radical (unpaired) electrons. The molecule has 0 bridgehead atoms. The predicted molar refractivity (Wildman–Crippen MR) is 64.0 cm³/mol. The minimum absolute atomic E-state index is 0.541. The number of nitrogen functional groups attached to an aromatic ring is 1. The third-order valence-corrected chi connectivity index (χ3v) is 2.53. The maximum atomic E-state index is 5.81. The number of hydrogen-bond acceptors (Lipinski definition) is 4. The van der Waals surface area contributed by atoms with Crippen LogP contribution in [0, 0.1) is 0 Å². The summed E-state index contributed by atoms with van der Waals surface area (Å²) in [4.78, 5) is 10.4. The number of pyridine rings is 1. The van der Waals surface area contributed by atoms with Crippen LogP contribution in [-0.2, 0) is 13.6 Å². The molecule has 0 aliphatic rings. The average Bonchev–Trinajstić information content (AvgIpc) is 2.65. The van der Waals surface area contributed by atoms with Gasteiger partial charge >= 0.3 is 0 Å². The smallest absolute Gasteiger partial charge is 0.146 e. The summed E-state index contributed by atoms with van der Waals surface area (Å²) < 4.78 is 1.99. The molecule has 16 heavy (non-hydrogen) atoms. The van der Waals surface area contributed by atoms with Gasteiger partial charge in [-0.2, -0.15) is 0 Å². The first-order valence-corrected chi connectivity index (χ1v) is 5.06. The van der Waals surface area contributed by atoms with E-state index in [-0.39, 0.29) is 0 Å². The Labute approximate surface area is 94.5 Å². The maximum absolute atomic E-state index is 5.81. The molecule has 0 unspecified atom stereocenters. The van der Waals surface area contributed by atoms with E-state index in [1.807, 2.05) is 41.9 Å². The van der Waals surface area contributed by atoms with Crippen LogP contribution in [0.3, 0.4) is 0 Å². The number of aromatic nitrogens is 3. The van der Waals surface area contributed by atoms with Crippen LogP contribution >= 0.6 is 0 Å². The summed E-state index contributed by atoms with van der Waals surface area (Å²) in [5.41, 5.74) is 6.73. The molecule has 5 heteroatoms. The standard InChI is InChI=1S/C11H15N5/c1-15-7-6-13-10(15)8-16(2)9-4-3-5-14-11(9)12/h3-7H,8H2,1-2H3,(H2,12,14). The summed E-state index contributed by atoms with van der Waals surface area (Å²) in [7, 11) is 3.95. The van der Waals surface area contributed by atoms with Gasteiger partial charge in [0.1, 0.15) is 11.6 Å². The van der Waals surface area contributed by atoms with E-state index in [1.54, 1.807) is 12.4 Å². The summed E-state index contributed by atoms with van der Waals surface area (Å²) in [6, 6.07) is 3.83. The van der Waals surface area contributed by atoms with E-state index in [4.69, 9.17) is 5.73 Å². The van der Waals surface area contributed by atoms with Gasteiger partial charge in [0.15, 0.2) is 0 Å². The van der Waals surface area contributed by atoms with Gasteiger partial charge in [-0.15, -0.1) is 0 Å². The van der Waals surface area contributed by atoms with Gasteiger partial charge in [0.05, 0.1) is 12.2 Å². The highest BCUT2D eigenvalue weighted by Gasteiger charge is 2.08. The van der Waals surface area contributed by atoms with Crippen LogP contribution in [0.5, 0.6) is 0 Å². The molecular weight excluding hydrogens is 202 g/mol. The molecule has 5 nitrogen and oxygen atoms in total. The summed E-state index contributed by atoms with van der Waals surface area (Å²) in [5.74, 6) is 1.53. The lowest BCUT2D eigenvalue weighted by Crippen LogP contribution is -2.20.